The molecule has 3 nitrogen and oxygen atoms in total. The molecule has 1 fully saturated rings. The van der Waals surface area contributed by atoms with Crippen molar-refractivity contribution in [2.75, 3.05) is 0 Å². The first kappa shape index (κ1) is 11.7. The fraction of sp³-hybridized carbons (Fsp3) is 0.286. The maximum Gasteiger partial charge on any atom is 0.271 e. The Morgan fingerprint density at radius 3 is 2.83 bits per heavy atom. The third-order valence-electron chi connectivity index (χ3n) is 3.55. The number of carbonyl (C=O) groups excluding carboxylic acids is 1. The summed E-state index contributed by atoms with van der Waals surface area (Å²) in [6.07, 6.45) is 6.57. The lowest BCUT2D eigenvalue weighted by Crippen LogP contribution is -2.35. The van der Waals surface area contributed by atoms with Gasteiger partial charge in [-0.15, -0.1) is 0 Å². The topological polar surface area (TPSA) is 41.5 Å². The number of hydrogen-bond acceptors (Lipinski definition) is 2. The molecule has 0 bridgehead atoms. The smallest absolute Gasteiger partial charge is 0.267 e. The summed E-state index contributed by atoms with van der Waals surface area (Å²) >= 11 is 3.34. The van der Waals surface area contributed by atoms with Crippen LogP contribution in [-0.4, -0.2) is 11.6 Å². The highest BCUT2D eigenvalue weighted by molar-refractivity contribution is 9.10. The van der Waals surface area contributed by atoms with Gasteiger partial charge in [0.2, 0.25) is 0 Å². The van der Waals surface area contributed by atoms with E-state index in [2.05, 4.69) is 38.6 Å². The molecule has 1 N–H and O–H groups in total. The van der Waals surface area contributed by atoms with Crippen molar-refractivity contribution in [2.24, 2.45) is 16.9 Å². The average Bonchev–Trinajstić information content (AvgIpc) is 2.72. The van der Waals surface area contributed by atoms with Crippen LogP contribution in [0.5, 0.6) is 0 Å². The zero-order valence-corrected chi connectivity index (χ0v) is 11.4. The Bertz CT molecular complexity index is 533. The fourth-order valence-corrected chi connectivity index (χ4v) is 2.71. The highest BCUT2D eigenvalue weighted by atomic mass is 79.9. The van der Waals surface area contributed by atoms with Gasteiger partial charge in [0, 0.05) is 21.7 Å². The van der Waals surface area contributed by atoms with Gasteiger partial charge in [-0.25, -0.2) is 5.43 Å². The van der Waals surface area contributed by atoms with Crippen LogP contribution < -0.4 is 5.43 Å². The van der Waals surface area contributed by atoms with E-state index in [-0.39, 0.29) is 5.91 Å². The number of fused-ring (bicyclic) bond motifs is 1. The Labute approximate surface area is 114 Å². The van der Waals surface area contributed by atoms with E-state index in [1.165, 1.54) is 0 Å². The minimum atomic E-state index is -0.152. The normalized spacial score (nSPS) is 26.8. The number of nitrogens with one attached hydrogen (secondary N) is 1. The van der Waals surface area contributed by atoms with E-state index in [0.717, 1.165) is 28.9 Å². The van der Waals surface area contributed by atoms with Crippen LogP contribution in [0.15, 0.2) is 46.0 Å². The van der Waals surface area contributed by atoms with E-state index >= 15 is 0 Å². The van der Waals surface area contributed by atoms with Crippen LogP contribution in [-0.2, 0) is 0 Å². The lowest BCUT2D eigenvalue weighted by atomic mass is 9.74. The predicted octanol–water partition coefficient (Wildman–Crippen LogP) is 3.13. The zero-order chi connectivity index (χ0) is 12.5. The van der Waals surface area contributed by atoms with Crippen molar-refractivity contribution in [3.63, 3.8) is 0 Å². The van der Waals surface area contributed by atoms with Crippen molar-refractivity contribution >= 4 is 27.5 Å². The molecule has 0 saturated heterocycles. The molecule has 0 heterocycles. The van der Waals surface area contributed by atoms with Gasteiger partial charge >= 0.3 is 0 Å². The number of carbonyl (C=O) groups is 1. The molecule has 18 heavy (non-hydrogen) atoms. The zero-order valence-electron chi connectivity index (χ0n) is 9.77. The summed E-state index contributed by atoms with van der Waals surface area (Å²) in [5, 5.41) is 4.23. The molecule has 0 radical (unpaired) electrons. The second-order valence-corrected chi connectivity index (χ2v) is 5.62. The van der Waals surface area contributed by atoms with Gasteiger partial charge < -0.3 is 0 Å². The van der Waals surface area contributed by atoms with E-state index in [1.54, 1.807) is 12.1 Å². The Morgan fingerprint density at radius 2 is 2.11 bits per heavy atom. The third-order valence-corrected chi connectivity index (χ3v) is 4.08. The molecule has 92 valence electrons. The summed E-state index contributed by atoms with van der Waals surface area (Å²) in [6, 6.07) is 7.25. The first-order valence-corrected chi connectivity index (χ1v) is 6.82. The van der Waals surface area contributed by atoms with E-state index in [4.69, 9.17) is 0 Å². The summed E-state index contributed by atoms with van der Waals surface area (Å²) in [5.74, 6) is 1.05. The second kappa shape index (κ2) is 4.69. The lowest BCUT2D eigenvalue weighted by Gasteiger charge is -2.31. The first-order chi connectivity index (χ1) is 8.74. The Kier molecular flexibility index (Phi) is 3.04. The van der Waals surface area contributed by atoms with Crippen LogP contribution in [0.2, 0.25) is 0 Å². The van der Waals surface area contributed by atoms with Crippen LogP contribution in [0.3, 0.4) is 0 Å². The van der Waals surface area contributed by atoms with Crippen molar-refractivity contribution in [3.05, 3.63) is 46.5 Å². The molecule has 0 unspecified atom stereocenters. The monoisotopic (exact) mass is 304 g/mol. The van der Waals surface area contributed by atoms with Gasteiger partial charge in [-0.05, 0) is 43.0 Å². The van der Waals surface area contributed by atoms with Crippen molar-refractivity contribution in [3.8, 4) is 0 Å². The fourth-order valence-electron chi connectivity index (χ4n) is 2.45. The molecule has 0 spiro atoms. The minimum Gasteiger partial charge on any atom is -0.267 e. The van der Waals surface area contributed by atoms with Gasteiger partial charge in [-0.2, -0.15) is 5.10 Å². The van der Waals surface area contributed by atoms with E-state index in [1.807, 2.05) is 12.1 Å². The highest BCUT2D eigenvalue weighted by Gasteiger charge is 2.37. The van der Waals surface area contributed by atoms with Crippen LogP contribution in [0.25, 0.3) is 0 Å². The summed E-state index contributed by atoms with van der Waals surface area (Å²) in [7, 11) is 0. The third kappa shape index (κ3) is 2.12. The number of halogens is 1. The number of hydrogen-bond donors (Lipinski definition) is 1. The van der Waals surface area contributed by atoms with Crippen LogP contribution in [0, 0.1) is 11.8 Å². The number of rotatable bonds is 2. The van der Waals surface area contributed by atoms with E-state index in [0.29, 0.717) is 11.5 Å². The van der Waals surface area contributed by atoms with Gasteiger partial charge in [0.05, 0.1) is 0 Å². The predicted molar refractivity (Wildman–Crippen MR) is 74.4 cm³/mol. The van der Waals surface area contributed by atoms with Crippen molar-refractivity contribution in [1.82, 2.24) is 5.43 Å². The lowest BCUT2D eigenvalue weighted by molar-refractivity contribution is 0.0954. The van der Waals surface area contributed by atoms with Crippen LogP contribution >= 0.6 is 15.9 Å². The molecule has 2 aliphatic carbocycles. The summed E-state index contributed by atoms with van der Waals surface area (Å²) in [5.41, 5.74) is 4.35. The molecule has 0 aliphatic heterocycles. The van der Waals surface area contributed by atoms with Crippen LogP contribution in [0.1, 0.15) is 23.2 Å². The van der Waals surface area contributed by atoms with E-state index < -0.39 is 0 Å². The molecule has 0 aromatic heterocycles. The SMILES string of the molecule is O=C(N/N=C1/C[C@@H]2CC=C[C@@H]12)c1ccc(Br)cc1. The molecule has 2 atom stereocenters. The number of nitrogens with zero attached hydrogens (tertiary/aromatic N) is 1. The van der Waals surface area contributed by atoms with E-state index in [9.17, 15) is 4.79 Å². The quantitative estimate of drug-likeness (QED) is 0.662. The number of benzene rings is 1. The molecular formula is C14H13BrN2O. The summed E-state index contributed by atoms with van der Waals surface area (Å²) in [4.78, 5) is 11.8. The van der Waals surface area contributed by atoms with Crippen molar-refractivity contribution in [1.29, 1.82) is 0 Å². The standard InChI is InChI=1S/C14H13BrN2O/c15-11-6-4-9(5-7-11)14(18)17-16-13-8-10-2-1-3-12(10)13/h1,3-7,10,12H,2,8H2,(H,17,18)/b16-13-/t10-,12+/m0/s1. The van der Waals surface area contributed by atoms with Gasteiger partial charge in [0.1, 0.15) is 0 Å². The molecule has 3 rings (SSSR count). The van der Waals surface area contributed by atoms with Gasteiger partial charge in [-0.3, -0.25) is 4.79 Å². The highest BCUT2D eigenvalue weighted by Crippen LogP contribution is 2.40. The molecule has 2 aliphatic rings. The van der Waals surface area contributed by atoms with Gasteiger partial charge in [0.25, 0.3) is 5.91 Å². The number of allylic oxidation sites excluding steroid dienone is 2. The minimum absolute atomic E-state index is 0.152. The number of hydrazone groups is 1. The molecule has 1 amide bonds. The molecule has 1 aromatic carbocycles. The van der Waals surface area contributed by atoms with Crippen LogP contribution in [0.4, 0.5) is 0 Å². The summed E-state index contributed by atoms with van der Waals surface area (Å²) < 4.78 is 0.961. The largest absolute Gasteiger partial charge is 0.271 e. The Hall–Kier alpha value is -1.42. The summed E-state index contributed by atoms with van der Waals surface area (Å²) in [6.45, 7) is 0. The molecule has 4 heteroatoms. The average molecular weight is 305 g/mol. The Balaban J connectivity index is 1.63. The molecule has 1 saturated carbocycles. The second-order valence-electron chi connectivity index (χ2n) is 4.70. The van der Waals surface area contributed by atoms with Gasteiger partial charge in [0.15, 0.2) is 0 Å². The Morgan fingerprint density at radius 1 is 1.33 bits per heavy atom. The first-order valence-electron chi connectivity index (χ1n) is 6.03. The van der Waals surface area contributed by atoms with Crippen molar-refractivity contribution < 1.29 is 4.79 Å². The van der Waals surface area contributed by atoms with Gasteiger partial charge in [-0.1, -0.05) is 28.1 Å². The maximum atomic E-state index is 11.8. The maximum absolute atomic E-state index is 11.8. The number of amides is 1. The van der Waals surface area contributed by atoms with Crippen molar-refractivity contribution in [2.45, 2.75) is 12.8 Å². The molecule has 1 aromatic rings. The molecular weight excluding hydrogens is 292 g/mol.